The maximum absolute atomic E-state index is 12.5. The van der Waals surface area contributed by atoms with E-state index in [1.165, 1.54) is 0 Å². The number of amides is 1. The molecule has 4 nitrogen and oxygen atoms in total. The number of hydrogen-bond donors (Lipinski definition) is 1. The molecule has 0 radical (unpaired) electrons. The van der Waals surface area contributed by atoms with Crippen LogP contribution in [-0.4, -0.2) is 47.0 Å². The Morgan fingerprint density at radius 2 is 2.39 bits per heavy atom. The van der Waals surface area contributed by atoms with Crippen molar-refractivity contribution >= 4 is 21.8 Å². The van der Waals surface area contributed by atoms with Crippen molar-refractivity contribution in [2.75, 3.05) is 25.1 Å². The second-order valence-electron chi connectivity index (χ2n) is 4.38. The lowest BCUT2D eigenvalue weighted by molar-refractivity contribution is 0.00520. The Balaban J connectivity index is 2.24. The van der Waals surface area contributed by atoms with Gasteiger partial charge in [0.05, 0.1) is 19.3 Å². The van der Waals surface area contributed by atoms with Gasteiger partial charge in [-0.2, -0.15) is 0 Å². The van der Waals surface area contributed by atoms with Gasteiger partial charge in [0.25, 0.3) is 5.91 Å². The normalized spacial score (nSPS) is 19.9. The lowest BCUT2D eigenvalue weighted by Crippen LogP contribution is -2.49. The lowest BCUT2D eigenvalue weighted by Gasteiger charge is -2.35. The molecule has 1 saturated heterocycles. The summed E-state index contributed by atoms with van der Waals surface area (Å²) in [5.41, 5.74) is 1.43. The Morgan fingerprint density at radius 3 is 3.06 bits per heavy atom. The average Bonchev–Trinajstić information content (AvgIpc) is 2.38. The van der Waals surface area contributed by atoms with Crippen molar-refractivity contribution < 1.29 is 14.6 Å². The first-order valence-corrected chi connectivity index (χ1v) is 7.00. The Hall–Kier alpha value is -1.07. The monoisotopic (exact) mass is 313 g/mol. The maximum Gasteiger partial charge on any atom is 0.254 e. The van der Waals surface area contributed by atoms with E-state index in [4.69, 9.17) is 4.74 Å². The van der Waals surface area contributed by atoms with Crippen LogP contribution in [0.25, 0.3) is 0 Å². The number of hydrogen-bond acceptors (Lipinski definition) is 3. The molecule has 1 amide bonds. The van der Waals surface area contributed by atoms with E-state index >= 15 is 0 Å². The SMILES string of the molecule is Cc1cc(O)ccc1C(=O)N1CCOCC1CBr. The second kappa shape index (κ2) is 5.71. The van der Waals surface area contributed by atoms with Crippen LogP contribution in [0.3, 0.4) is 0 Å². The minimum atomic E-state index is 0.000231. The number of aryl methyl sites for hydroxylation is 1. The van der Waals surface area contributed by atoms with Crippen LogP contribution in [0.2, 0.25) is 0 Å². The lowest BCUT2D eigenvalue weighted by atomic mass is 10.1. The van der Waals surface area contributed by atoms with Crippen LogP contribution in [0.1, 0.15) is 15.9 Å². The molecule has 1 N–H and O–H groups in total. The number of ether oxygens (including phenoxy) is 1. The molecule has 5 heteroatoms. The molecule has 1 fully saturated rings. The molecule has 18 heavy (non-hydrogen) atoms. The molecule has 1 aliphatic heterocycles. The van der Waals surface area contributed by atoms with Crippen LogP contribution in [0.15, 0.2) is 18.2 Å². The van der Waals surface area contributed by atoms with Gasteiger partial charge in [0, 0.05) is 17.4 Å². The number of phenolic OH excluding ortho intramolecular Hbond substituents is 1. The molecular formula is C13H16BrNO3. The smallest absolute Gasteiger partial charge is 0.254 e. The number of halogens is 1. The first-order valence-electron chi connectivity index (χ1n) is 5.87. The van der Waals surface area contributed by atoms with Crippen LogP contribution in [-0.2, 0) is 4.74 Å². The standard InChI is InChI=1S/C13H16BrNO3/c1-9-6-11(16)2-3-12(9)13(17)15-4-5-18-8-10(15)7-14/h2-3,6,10,16H,4-5,7-8H2,1H3. The number of rotatable bonds is 2. The van der Waals surface area contributed by atoms with Crippen molar-refractivity contribution in [3.05, 3.63) is 29.3 Å². The van der Waals surface area contributed by atoms with E-state index in [1.807, 2.05) is 11.8 Å². The zero-order valence-electron chi connectivity index (χ0n) is 10.2. The number of alkyl halides is 1. The predicted octanol–water partition coefficient (Wildman–Crippen LogP) is 1.94. The second-order valence-corrected chi connectivity index (χ2v) is 5.03. The minimum absolute atomic E-state index is 0.000231. The third kappa shape index (κ3) is 2.67. The summed E-state index contributed by atoms with van der Waals surface area (Å²) in [5, 5.41) is 10.1. The predicted molar refractivity (Wildman–Crippen MR) is 72.3 cm³/mol. The van der Waals surface area contributed by atoms with Crippen molar-refractivity contribution in [2.45, 2.75) is 13.0 Å². The molecule has 1 unspecified atom stereocenters. The van der Waals surface area contributed by atoms with E-state index in [0.717, 1.165) is 5.56 Å². The van der Waals surface area contributed by atoms with Crippen molar-refractivity contribution in [3.8, 4) is 5.75 Å². The third-order valence-corrected chi connectivity index (χ3v) is 3.85. The fourth-order valence-corrected chi connectivity index (χ4v) is 2.63. The highest BCUT2D eigenvalue weighted by atomic mass is 79.9. The molecule has 1 heterocycles. The quantitative estimate of drug-likeness (QED) is 0.849. The van der Waals surface area contributed by atoms with Crippen molar-refractivity contribution in [1.82, 2.24) is 4.90 Å². The van der Waals surface area contributed by atoms with E-state index in [9.17, 15) is 9.90 Å². The number of benzene rings is 1. The molecule has 1 aromatic rings. The third-order valence-electron chi connectivity index (χ3n) is 3.11. The summed E-state index contributed by atoms with van der Waals surface area (Å²) in [7, 11) is 0. The Bertz CT molecular complexity index is 450. The van der Waals surface area contributed by atoms with E-state index in [1.54, 1.807) is 18.2 Å². The molecule has 0 spiro atoms. The molecule has 98 valence electrons. The van der Waals surface area contributed by atoms with Gasteiger partial charge >= 0.3 is 0 Å². The van der Waals surface area contributed by atoms with Crippen LogP contribution < -0.4 is 0 Å². The molecule has 0 aromatic heterocycles. The van der Waals surface area contributed by atoms with Gasteiger partial charge in [0.1, 0.15) is 5.75 Å². The molecule has 1 aromatic carbocycles. The van der Waals surface area contributed by atoms with Crippen LogP contribution >= 0.6 is 15.9 Å². The van der Waals surface area contributed by atoms with Crippen molar-refractivity contribution in [2.24, 2.45) is 0 Å². The van der Waals surface area contributed by atoms with Gasteiger partial charge in [-0.05, 0) is 30.7 Å². The summed E-state index contributed by atoms with van der Waals surface area (Å²) >= 11 is 3.41. The zero-order chi connectivity index (χ0) is 13.1. The van der Waals surface area contributed by atoms with Crippen LogP contribution in [0.4, 0.5) is 0 Å². The Labute approximate surface area is 115 Å². The van der Waals surface area contributed by atoms with Gasteiger partial charge in [-0.3, -0.25) is 4.79 Å². The summed E-state index contributed by atoms with van der Waals surface area (Å²) < 4.78 is 5.37. The van der Waals surface area contributed by atoms with Crippen LogP contribution in [0, 0.1) is 6.92 Å². The molecule has 1 aliphatic rings. The summed E-state index contributed by atoms with van der Waals surface area (Å²) in [6, 6.07) is 4.90. The highest BCUT2D eigenvalue weighted by molar-refractivity contribution is 9.09. The largest absolute Gasteiger partial charge is 0.508 e. The summed E-state index contributed by atoms with van der Waals surface area (Å²) in [5.74, 6) is 0.184. The molecule has 0 bridgehead atoms. The minimum Gasteiger partial charge on any atom is -0.508 e. The fourth-order valence-electron chi connectivity index (χ4n) is 2.09. The first kappa shape index (κ1) is 13.4. The molecule has 2 rings (SSSR count). The highest BCUT2D eigenvalue weighted by Crippen LogP contribution is 2.20. The van der Waals surface area contributed by atoms with E-state index in [0.29, 0.717) is 30.7 Å². The summed E-state index contributed by atoms with van der Waals surface area (Å²) in [6.07, 6.45) is 0. The number of phenols is 1. The van der Waals surface area contributed by atoms with E-state index in [-0.39, 0.29) is 17.7 Å². The number of nitrogens with zero attached hydrogens (tertiary/aromatic N) is 1. The summed E-state index contributed by atoms with van der Waals surface area (Å²) in [6.45, 7) is 3.58. The van der Waals surface area contributed by atoms with Gasteiger partial charge < -0.3 is 14.7 Å². The van der Waals surface area contributed by atoms with Crippen molar-refractivity contribution in [1.29, 1.82) is 0 Å². The average molecular weight is 314 g/mol. The zero-order valence-corrected chi connectivity index (χ0v) is 11.8. The topological polar surface area (TPSA) is 49.8 Å². The number of carbonyl (C=O) groups excluding carboxylic acids is 1. The maximum atomic E-state index is 12.5. The van der Waals surface area contributed by atoms with E-state index < -0.39 is 0 Å². The highest BCUT2D eigenvalue weighted by Gasteiger charge is 2.27. The number of aromatic hydroxyl groups is 1. The molecule has 0 aliphatic carbocycles. The van der Waals surface area contributed by atoms with Gasteiger partial charge in [0.15, 0.2) is 0 Å². The van der Waals surface area contributed by atoms with Gasteiger partial charge in [-0.15, -0.1) is 0 Å². The van der Waals surface area contributed by atoms with Crippen molar-refractivity contribution in [3.63, 3.8) is 0 Å². The molecule has 1 atom stereocenters. The summed E-state index contributed by atoms with van der Waals surface area (Å²) in [4.78, 5) is 14.3. The van der Waals surface area contributed by atoms with Gasteiger partial charge in [-0.25, -0.2) is 0 Å². The fraction of sp³-hybridized carbons (Fsp3) is 0.462. The Kier molecular flexibility index (Phi) is 4.24. The Morgan fingerprint density at radius 1 is 1.61 bits per heavy atom. The first-order chi connectivity index (χ1) is 8.63. The molecular weight excluding hydrogens is 298 g/mol. The molecule has 0 saturated carbocycles. The van der Waals surface area contributed by atoms with Gasteiger partial charge in [0.2, 0.25) is 0 Å². The van der Waals surface area contributed by atoms with Crippen LogP contribution in [0.5, 0.6) is 5.75 Å². The number of carbonyl (C=O) groups is 1. The van der Waals surface area contributed by atoms with Gasteiger partial charge in [-0.1, -0.05) is 15.9 Å². The number of morpholine rings is 1. The van der Waals surface area contributed by atoms with E-state index in [2.05, 4.69) is 15.9 Å².